The number of hydrogen-bond acceptors (Lipinski definition) is 3. The van der Waals surface area contributed by atoms with Crippen molar-refractivity contribution in [2.24, 2.45) is 5.73 Å². The summed E-state index contributed by atoms with van der Waals surface area (Å²) in [5, 5.41) is 3.44. The lowest BCUT2D eigenvalue weighted by atomic mass is 10.1. The Balaban J connectivity index is 2.05. The lowest BCUT2D eigenvalue weighted by Gasteiger charge is -2.24. The Morgan fingerprint density at radius 1 is 1.55 bits per heavy atom. The van der Waals surface area contributed by atoms with Gasteiger partial charge in [0.2, 0.25) is 5.91 Å². The summed E-state index contributed by atoms with van der Waals surface area (Å²) in [7, 11) is 0. The molecule has 1 amide bonds. The van der Waals surface area contributed by atoms with Gasteiger partial charge in [0.05, 0.1) is 0 Å². The molecule has 0 aromatic heterocycles. The van der Waals surface area contributed by atoms with Crippen molar-refractivity contribution in [2.75, 3.05) is 19.6 Å². The van der Waals surface area contributed by atoms with Gasteiger partial charge in [-0.3, -0.25) is 9.69 Å². The summed E-state index contributed by atoms with van der Waals surface area (Å²) in [6, 6.07) is 4.78. The van der Waals surface area contributed by atoms with Crippen molar-refractivity contribution in [3.05, 3.63) is 35.1 Å². The van der Waals surface area contributed by atoms with E-state index >= 15 is 0 Å². The highest BCUT2D eigenvalue weighted by Crippen LogP contribution is 2.15. The van der Waals surface area contributed by atoms with Gasteiger partial charge in [0.15, 0.2) is 0 Å². The Morgan fingerprint density at radius 2 is 2.35 bits per heavy atom. The van der Waals surface area contributed by atoms with E-state index in [1.54, 1.807) is 6.07 Å². The molecule has 0 radical (unpaired) electrons. The molecule has 0 bridgehead atoms. The largest absolute Gasteiger partial charge is 0.366 e. The van der Waals surface area contributed by atoms with E-state index in [-0.39, 0.29) is 5.82 Å². The number of carbonyl (C=O) groups is 1. The van der Waals surface area contributed by atoms with E-state index in [1.807, 2.05) is 0 Å². The van der Waals surface area contributed by atoms with Gasteiger partial charge in [-0.1, -0.05) is 6.92 Å². The summed E-state index contributed by atoms with van der Waals surface area (Å²) in [4.78, 5) is 13.4. The smallest absolute Gasteiger partial charge is 0.248 e. The number of carbonyl (C=O) groups excluding carboxylic acids is 1. The fourth-order valence-electron chi connectivity index (χ4n) is 2.62. The van der Waals surface area contributed by atoms with Gasteiger partial charge in [-0.2, -0.15) is 0 Å². The summed E-state index contributed by atoms with van der Waals surface area (Å²) >= 11 is 0. The maximum absolute atomic E-state index is 13.8. The molecule has 0 aliphatic carbocycles. The van der Waals surface area contributed by atoms with E-state index < -0.39 is 5.91 Å². The van der Waals surface area contributed by atoms with Gasteiger partial charge in [-0.05, 0) is 44.1 Å². The summed E-state index contributed by atoms with van der Waals surface area (Å²) in [5.41, 5.74) is 6.13. The molecule has 1 unspecified atom stereocenters. The fourth-order valence-corrected chi connectivity index (χ4v) is 2.62. The molecule has 4 nitrogen and oxygen atoms in total. The minimum atomic E-state index is -0.522. The van der Waals surface area contributed by atoms with Crippen LogP contribution in [0.5, 0.6) is 0 Å². The van der Waals surface area contributed by atoms with Crippen LogP contribution in [0.25, 0.3) is 0 Å². The Morgan fingerprint density at radius 3 is 2.95 bits per heavy atom. The molecule has 1 fully saturated rings. The molecular weight excluding hydrogens is 257 g/mol. The molecule has 0 saturated carbocycles. The van der Waals surface area contributed by atoms with Crippen molar-refractivity contribution in [1.29, 1.82) is 0 Å². The van der Waals surface area contributed by atoms with Crippen molar-refractivity contribution in [3.8, 4) is 0 Å². The minimum absolute atomic E-state index is 0.284. The van der Waals surface area contributed by atoms with Crippen LogP contribution in [0.1, 0.15) is 35.7 Å². The molecule has 1 aromatic carbocycles. The number of likely N-dealkylation sites (N-methyl/N-ethyl adjacent to an activating group) is 1. The van der Waals surface area contributed by atoms with Gasteiger partial charge in [-0.15, -0.1) is 0 Å². The average Bonchev–Trinajstić information content (AvgIpc) is 2.92. The number of nitrogens with one attached hydrogen (secondary N) is 1. The van der Waals surface area contributed by atoms with Crippen LogP contribution >= 0.6 is 0 Å². The monoisotopic (exact) mass is 279 g/mol. The molecule has 1 heterocycles. The van der Waals surface area contributed by atoms with Gasteiger partial charge in [-0.25, -0.2) is 4.39 Å². The predicted octanol–water partition coefficient (Wildman–Crippen LogP) is 1.50. The number of benzene rings is 1. The highest BCUT2D eigenvalue weighted by Gasteiger charge is 2.18. The van der Waals surface area contributed by atoms with Crippen molar-refractivity contribution in [2.45, 2.75) is 32.4 Å². The van der Waals surface area contributed by atoms with E-state index in [0.29, 0.717) is 23.7 Å². The summed E-state index contributed by atoms with van der Waals surface area (Å²) in [5.74, 6) is -0.806. The van der Waals surface area contributed by atoms with Crippen molar-refractivity contribution in [3.63, 3.8) is 0 Å². The molecule has 2 rings (SSSR count). The van der Waals surface area contributed by atoms with E-state index in [0.717, 1.165) is 19.6 Å². The highest BCUT2D eigenvalue weighted by molar-refractivity contribution is 5.92. The Kier molecular flexibility index (Phi) is 5.09. The van der Waals surface area contributed by atoms with Gasteiger partial charge in [0, 0.05) is 30.3 Å². The van der Waals surface area contributed by atoms with E-state index in [2.05, 4.69) is 17.1 Å². The summed E-state index contributed by atoms with van der Waals surface area (Å²) in [6.45, 7) is 5.37. The third-order valence-electron chi connectivity index (χ3n) is 3.81. The Bertz CT molecular complexity index is 472. The minimum Gasteiger partial charge on any atom is -0.366 e. The molecule has 1 aromatic rings. The molecule has 1 aliphatic heterocycles. The average molecular weight is 279 g/mol. The van der Waals surface area contributed by atoms with Gasteiger partial charge in [0.25, 0.3) is 0 Å². The fraction of sp³-hybridized carbons (Fsp3) is 0.533. The first-order chi connectivity index (χ1) is 9.60. The molecule has 20 heavy (non-hydrogen) atoms. The molecule has 5 heteroatoms. The normalized spacial score (nSPS) is 18.6. The van der Waals surface area contributed by atoms with Crippen molar-refractivity contribution < 1.29 is 9.18 Å². The molecule has 1 atom stereocenters. The van der Waals surface area contributed by atoms with E-state index in [9.17, 15) is 9.18 Å². The quantitative estimate of drug-likeness (QED) is 0.829. The zero-order chi connectivity index (χ0) is 14.5. The summed E-state index contributed by atoms with van der Waals surface area (Å²) < 4.78 is 13.8. The van der Waals surface area contributed by atoms with Crippen LogP contribution in [0, 0.1) is 5.82 Å². The van der Waals surface area contributed by atoms with Crippen LogP contribution in [0.2, 0.25) is 0 Å². The lowest BCUT2D eigenvalue weighted by Crippen LogP contribution is -2.37. The molecular formula is C15H22FN3O. The third-order valence-corrected chi connectivity index (χ3v) is 3.81. The number of rotatable bonds is 6. The maximum atomic E-state index is 13.8. The van der Waals surface area contributed by atoms with E-state index in [1.165, 1.54) is 25.0 Å². The first kappa shape index (κ1) is 14.9. The van der Waals surface area contributed by atoms with Crippen LogP contribution < -0.4 is 11.1 Å². The first-order valence-electron chi connectivity index (χ1n) is 7.14. The maximum Gasteiger partial charge on any atom is 0.248 e. The molecule has 1 aliphatic rings. The van der Waals surface area contributed by atoms with Crippen LogP contribution in [0.15, 0.2) is 18.2 Å². The molecule has 3 N–H and O–H groups in total. The molecule has 1 saturated heterocycles. The van der Waals surface area contributed by atoms with Gasteiger partial charge in [0.1, 0.15) is 5.82 Å². The lowest BCUT2D eigenvalue weighted by molar-refractivity contribution is 0.1000. The second-order valence-electron chi connectivity index (χ2n) is 5.29. The second-order valence-corrected chi connectivity index (χ2v) is 5.29. The van der Waals surface area contributed by atoms with Gasteiger partial charge >= 0.3 is 0 Å². The van der Waals surface area contributed by atoms with Crippen LogP contribution in [-0.4, -0.2) is 36.5 Å². The van der Waals surface area contributed by atoms with Crippen molar-refractivity contribution >= 4 is 5.91 Å². The van der Waals surface area contributed by atoms with Gasteiger partial charge < -0.3 is 11.1 Å². The van der Waals surface area contributed by atoms with Crippen molar-refractivity contribution in [1.82, 2.24) is 10.2 Å². The predicted molar refractivity (Wildman–Crippen MR) is 76.9 cm³/mol. The number of halogens is 1. The Labute approximate surface area is 119 Å². The number of nitrogens with zero attached hydrogens (tertiary/aromatic N) is 1. The molecule has 0 spiro atoms. The number of amides is 1. The standard InChI is InChI=1S/C15H22FN3O/c1-2-19(10-13-4-3-7-18-13)9-12-8-11(15(17)20)5-6-14(12)16/h5-6,8,13,18H,2-4,7,9-10H2,1H3,(H2,17,20). The number of primary amides is 1. The molecule has 110 valence electrons. The van der Waals surface area contributed by atoms with Crippen LogP contribution in [0.4, 0.5) is 4.39 Å². The van der Waals surface area contributed by atoms with Crippen LogP contribution in [0.3, 0.4) is 0 Å². The second kappa shape index (κ2) is 6.81. The summed E-state index contributed by atoms with van der Waals surface area (Å²) in [6.07, 6.45) is 2.37. The zero-order valence-corrected chi connectivity index (χ0v) is 11.9. The number of nitrogens with two attached hydrogens (primary N) is 1. The topological polar surface area (TPSA) is 58.4 Å². The Hall–Kier alpha value is -1.46. The highest BCUT2D eigenvalue weighted by atomic mass is 19.1. The van der Waals surface area contributed by atoms with Crippen LogP contribution in [-0.2, 0) is 6.54 Å². The number of hydrogen-bond donors (Lipinski definition) is 2. The van der Waals surface area contributed by atoms with E-state index in [4.69, 9.17) is 5.73 Å². The zero-order valence-electron chi connectivity index (χ0n) is 11.9. The SMILES string of the molecule is CCN(Cc1cc(C(N)=O)ccc1F)CC1CCCN1. The first-order valence-corrected chi connectivity index (χ1v) is 7.14. The third kappa shape index (κ3) is 3.77.